The van der Waals surface area contributed by atoms with Gasteiger partial charge >= 0.3 is 0 Å². The first-order valence-electron chi connectivity index (χ1n) is 6.60. The van der Waals surface area contributed by atoms with Gasteiger partial charge in [-0.3, -0.25) is 4.98 Å². The number of hydrogen-bond acceptors (Lipinski definition) is 4. The number of nitrogens with one attached hydrogen (secondary N) is 1. The van der Waals surface area contributed by atoms with Crippen LogP contribution in [0.25, 0.3) is 0 Å². The molecule has 0 aliphatic carbocycles. The Morgan fingerprint density at radius 3 is 3.21 bits per heavy atom. The molecule has 0 saturated heterocycles. The first-order valence-corrected chi connectivity index (χ1v) is 6.60. The van der Waals surface area contributed by atoms with Gasteiger partial charge in [0.25, 0.3) is 0 Å². The average Bonchev–Trinajstić information content (AvgIpc) is 2.79. The van der Waals surface area contributed by atoms with Crippen LogP contribution in [0.1, 0.15) is 11.5 Å². The molecular weight excluding hydrogens is 240 g/mol. The van der Waals surface area contributed by atoms with Gasteiger partial charge in [-0.2, -0.15) is 0 Å². The van der Waals surface area contributed by atoms with Crippen LogP contribution >= 0.6 is 0 Å². The molecule has 3 heterocycles. The van der Waals surface area contributed by atoms with Crippen molar-refractivity contribution in [2.75, 3.05) is 13.2 Å². The van der Waals surface area contributed by atoms with Crippen molar-refractivity contribution in [3.05, 3.63) is 48.3 Å². The maximum atomic E-state index is 5.77. The molecule has 5 nitrogen and oxygen atoms in total. The van der Waals surface area contributed by atoms with E-state index in [4.69, 9.17) is 4.74 Å². The fraction of sp³-hybridized carbons (Fsp3) is 0.429. The quantitative estimate of drug-likeness (QED) is 0.895. The van der Waals surface area contributed by atoms with Crippen LogP contribution in [0.4, 0.5) is 0 Å². The van der Waals surface area contributed by atoms with Gasteiger partial charge < -0.3 is 14.6 Å². The molecule has 5 heteroatoms. The highest BCUT2D eigenvalue weighted by Crippen LogP contribution is 2.10. The Hall–Kier alpha value is -1.72. The first-order chi connectivity index (χ1) is 9.42. The zero-order valence-corrected chi connectivity index (χ0v) is 10.8. The van der Waals surface area contributed by atoms with Crippen LogP contribution in [-0.4, -0.2) is 27.7 Å². The minimum absolute atomic E-state index is 0.471. The predicted molar refractivity (Wildman–Crippen MR) is 71.3 cm³/mol. The Morgan fingerprint density at radius 1 is 1.32 bits per heavy atom. The Balaban J connectivity index is 1.51. The fourth-order valence-electron chi connectivity index (χ4n) is 2.33. The Bertz CT molecular complexity index is 511. The van der Waals surface area contributed by atoms with Crippen LogP contribution in [0.3, 0.4) is 0 Å². The van der Waals surface area contributed by atoms with Gasteiger partial charge in [0.2, 0.25) is 0 Å². The van der Waals surface area contributed by atoms with E-state index in [9.17, 15) is 0 Å². The molecule has 1 atom stereocenters. The average molecular weight is 258 g/mol. The number of hydrogen-bond donors (Lipinski definition) is 1. The van der Waals surface area contributed by atoms with E-state index in [1.54, 1.807) is 6.20 Å². The lowest BCUT2D eigenvalue weighted by atomic mass is 10.1. The zero-order valence-electron chi connectivity index (χ0n) is 10.8. The molecular formula is C14H18N4O. The third kappa shape index (κ3) is 3.19. The SMILES string of the molecule is c1ccc(COC[C@H]2CNCc3nccn3C2)nc1. The van der Waals surface area contributed by atoms with E-state index in [-0.39, 0.29) is 0 Å². The molecule has 2 aromatic heterocycles. The molecule has 0 amide bonds. The van der Waals surface area contributed by atoms with Gasteiger partial charge in [-0.15, -0.1) is 0 Å². The number of pyridine rings is 1. The summed E-state index contributed by atoms with van der Waals surface area (Å²) in [6.07, 6.45) is 5.69. The van der Waals surface area contributed by atoms with E-state index in [0.29, 0.717) is 12.5 Å². The number of nitrogens with zero attached hydrogens (tertiary/aromatic N) is 3. The van der Waals surface area contributed by atoms with Crippen LogP contribution in [0, 0.1) is 5.92 Å². The van der Waals surface area contributed by atoms with Crippen molar-refractivity contribution in [3.63, 3.8) is 0 Å². The van der Waals surface area contributed by atoms with Gasteiger partial charge in [0.15, 0.2) is 0 Å². The van der Waals surface area contributed by atoms with Crippen LogP contribution in [0.5, 0.6) is 0 Å². The van der Waals surface area contributed by atoms with Crippen molar-refractivity contribution in [1.82, 2.24) is 19.9 Å². The number of imidazole rings is 1. The van der Waals surface area contributed by atoms with Crippen LogP contribution in [0.15, 0.2) is 36.8 Å². The topological polar surface area (TPSA) is 52.0 Å². The molecule has 19 heavy (non-hydrogen) atoms. The molecule has 0 aromatic carbocycles. The predicted octanol–water partition coefficient (Wildman–Crippen LogP) is 1.21. The molecule has 0 fully saturated rings. The molecule has 100 valence electrons. The lowest BCUT2D eigenvalue weighted by Crippen LogP contribution is -2.25. The molecule has 1 aliphatic heterocycles. The minimum Gasteiger partial charge on any atom is -0.375 e. The lowest BCUT2D eigenvalue weighted by Gasteiger charge is -2.15. The standard InChI is InChI=1S/C14H18N4O/c1-2-4-16-13(3-1)11-19-10-12-7-15-8-14-17-5-6-18(14)9-12/h1-6,12,15H,7-11H2/t12-/m0/s1. The Labute approximate surface area is 112 Å². The zero-order chi connectivity index (χ0) is 12.9. The molecule has 0 spiro atoms. The summed E-state index contributed by atoms with van der Waals surface area (Å²) in [5, 5.41) is 3.41. The monoisotopic (exact) mass is 258 g/mol. The summed E-state index contributed by atoms with van der Waals surface area (Å²) in [4.78, 5) is 8.58. The van der Waals surface area contributed by atoms with Crippen molar-refractivity contribution >= 4 is 0 Å². The number of aromatic nitrogens is 3. The van der Waals surface area contributed by atoms with E-state index in [1.807, 2.05) is 30.6 Å². The molecule has 0 saturated carbocycles. The highest BCUT2D eigenvalue weighted by molar-refractivity contribution is 5.01. The maximum Gasteiger partial charge on any atom is 0.122 e. The molecule has 0 bridgehead atoms. The van der Waals surface area contributed by atoms with E-state index in [2.05, 4.69) is 19.9 Å². The molecule has 1 N–H and O–H groups in total. The number of rotatable bonds is 4. The highest BCUT2D eigenvalue weighted by atomic mass is 16.5. The molecule has 1 aliphatic rings. The van der Waals surface area contributed by atoms with Crippen molar-refractivity contribution < 1.29 is 4.74 Å². The second kappa shape index (κ2) is 5.95. The van der Waals surface area contributed by atoms with Crippen LogP contribution < -0.4 is 5.32 Å². The van der Waals surface area contributed by atoms with Gasteiger partial charge in [-0.05, 0) is 12.1 Å². The van der Waals surface area contributed by atoms with Crippen molar-refractivity contribution in [3.8, 4) is 0 Å². The fourth-order valence-corrected chi connectivity index (χ4v) is 2.33. The minimum atomic E-state index is 0.471. The maximum absolute atomic E-state index is 5.77. The summed E-state index contributed by atoms with van der Waals surface area (Å²) in [5.41, 5.74) is 0.979. The second-order valence-electron chi connectivity index (χ2n) is 4.83. The van der Waals surface area contributed by atoms with E-state index >= 15 is 0 Å². The largest absolute Gasteiger partial charge is 0.375 e. The molecule has 0 radical (unpaired) electrons. The second-order valence-corrected chi connectivity index (χ2v) is 4.83. The number of fused-ring (bicyclic) bond motifs is 1. The van der Waals surface area contributed by atoms with Gasteiger partial charge in [-0.25, -0.2) is 4.98 Å². The summed E-state index contributed by atoms with van der Waals surface area (Å²) in [7, 11) is 0. The van der Waals surface area contributed by atoms with E-state index in [0.717, 1.165) is 37.8 Å². The van der Waals surface area contributed by atoms with E-state index < -0.39 is 0 Å². The summed E-state index contributed by atoms with van der Waals surface area (Å²) in [5.74, 6) is 1.58. The molecule has 3 rings (SSSR count). The smallest absolute Gasteiger partial charge is 0.122 e. The summed E-state index contributed by atoms with van der Waals surface area (Å²) in [6, 6.07) is 5.88. The normalized spacial score (nSPS) is 18.8. The highest BCUT2D eigenvalue weighted by Gasteiger charge is 2.16. The third-order valence-corrected chi connectivity index (χ3v) is 3.30. The van der Waals surface area contributed by atoms with Gasteiger partial charge in [0.1, 0.15) is 5.82 Å². The summed E-state index contributed by atoms with van der Waals surface area (Å²) in [6.45, 7) is 4.08. The van der Waals surface area contributed by atoms with Crippen molar-refractivity contribution in [1.29, 1.82) is 0 Å². The summed E-state index contributed by atoms with van der Waals surface area (Å²) < 4.78 is 7.97. The summed E-state index contributed by atoms with van der Waals surface area (Å²) >= 11 is 0. The van der Waals surface area contributed by atoms with Gasteiger partial charge in [0.05, 0.1) is 25.5 Å². The van der Waals surface area contributed by atoms with Crippen molar-refractivity contribution in [2.24, 2.45) is 5.92 Å². The first kappa shape index (κ1) is 12.3. The lowest BCUT2D eigenvalue weighted by molar-refractivity contribution is 0.0804. The molecule has 0 unspecified atom stereocenters. The Morgan fingerprint density at radius 2 is 2.32 bits per heavy atom. The molecule has 2 aromatic rings. The van der Waals surface area contributed by atoms with Crippen LogP contribution in [0.2, 0.25) is 0 Å². The van der Waals surface area contributed by atoms with Gasteiger partial charge in [-0.1, -0.05) is 6.07 Å². The van der Waals surface area contributed by atoms with E-state index in [1.165, 1.54) is 0 Å². The van der Waals surface area contributed by atoms with Crippen LogP contribution in [-0.2, 0) is 24.4 Å². The van der Waals surface area contributed by atoms with Crippen molar-refractivity contribution in [2.45, 2.75) is 19.7 Å². The number of ether oxygens (including phenoxy) is 1. The Kier molecular flexibility index (Phi) is 3.86. The van der Waals surface area contributed by atoms with Gasteiger partial charge in [0, 0.05) is 37.6 Å². The third-order valence-electron chi connectivity index (χ3n) is 3.30.